The number of fused-ring (bicyclic) bond motifs is 4. The summed E-state index contributed by atoms with van der Waals surface area (Å²) in [5.41, 5.74) is 8.96. The molecule has 128 valence electrons. The van der Waals surface area contributed by atoms with E-state index in [0.29, 0.717) is 4.22 Å². The van der Waals surface area contributed by atoms with Crippen LogP contribution in [0.3, 0.4) is 0 Å². The Morgan fingerprint density at radius 2 is 1.58 bits per heavy atom. The van der Waals surface area contributed by atoms with Crippen molar-refractivity contribution < 1.29 is 14.0 Å². The third-order valence-electron chi connectivity index (χ3n) is 6.53. The third-order valence-corrected chi connectivity index (χ3v) is 17.3. The maximum absolute atomic E-state index is 2.98. The maximum atomic E-state index is 2.63. The van der Waals surface area contributed by atoms with Crippen molar-refractivity contribution >= 4 is 17.6 Å². The molecular weight excluding hydrogens is 364 g/mol. The average Bonchev–Trinajstić information content (AvgIpc) is 3.23. The number of allylic oxidation sites excluding steroid dienone is 1. The molecule has 26 heavy (non-hydrogen) atoms. The summed E-state index contributed by atoms with van der Waals surface area (Å²) in [6.45, 7) is 0. The topological polar surface area (TPSA) is 0 Å². The molecule has 3 aromatic carbocycles. The fourth-order valence-corrected chi connectivity index (χ4v) is 14.5. The number of hydrogen-bond acceptors (Lipinski definition) is 0. The molecule has 0 bridgehead atoms. The Morgan fingerprint density at radius 1 is 0.846 bits per heavy atom. The van der Waals surface area contributed by atoms with Crippen LogP contribution in [0.2, 0.25) is 10.5 Å². The molecule has 0 aliphatic heterocycles. The molecule has 0 heterocycles. The van der Waals surface area contributed by atoms with E-state index in [4.69, 9.17) is 0 Å². The van der Waals surface area contributed by atoms with Crippen molar-refractivity contribution in [3.05, 3.63) is 95.1 Å². The summed E-state index contributed by atoms with van der Waals surface area (Å²) in [7, 11) is 2.35. The normalized spacial score (nSPS) is 17.7. The molecule has 2 aliphatic carbocycles. The van der Waals surface area contributed by atoms with E-state index in [1.165, 1.54) is 27.8 Å². The van der Waals surface area contributed by atoms with Crippen LogP contribution in [0, 0.1) is 0 Å². The van der Waals surface area contributed by atoms with Gasteiger partial charge in [-0.1, -0.05) is 0 Å². The Balaban J connectivity index is 1.72. The van der Waals surface area contributed by atoms with Gasteiger partial charge in [0.05, 0.1) is 0 Å². The van der Waals surface area contributed by atoms with Crippen LogP contribution in [0.5, 0.6) is 0 Å². The van der Waals surface area contributed by atoms with E-state index in [0.717, 1.165) is 6.42 Å². The SMILES string of the molecule is [CH3][Ti]([CH3])(=[SiH2])([c]1cccc2c1Cc1ccccc1-2)[CH]1C=Cc2ccccc21. The first-order valence-corrected chi connectivity index (χ1v) is 18.3. The van der Waals surface area contributed by atoms with Gasteiger partial charge < -0.3 is 0 Å². The van der Waals surface area contributed by atoms with Crippen molar-refractivity contribution in [1.82, 2.24) is 0 Å². The Morgan fingerprint density at radius 3 is 2.46 bits per heavy atom. The molecule has 0 aromatic heterocycles. The zero-order valence-electron chi connectivity index (χ0n) is 15.5. The monoisotopic (exact) mass is 388 g/mol. The zero-order chi connectivity index (χ0) is 18.0. The van der Waals surface area contributed by atoms with Crippen LogP contribution in [0.25, 0.3) is 17.2 Å². The van der Waals surface area contributed by atoms with E-state index in [9.17, 15) is 0 Å². The number of hydrogen-bond donors (Lipinski definition) is 0. The van der Waals surface area contributed by atoms with Crippen LogP contribution >= 0.6 is 0 Å². The molecule has 0 radical (unpaired) electrons. The van der Waals surface area contributed by atoms with E-state index in [1.54, 1.807) is 9.43 Å². The van der Waals surface area contributed by atoms with Gasteiger partial charge in [0, 0.05) is 0 Å². The van der Waals surface area contributed by atoms with Gasteiger partial charge in [0.15, 0.2) is 0 Å². The van der Waals surface area contributed by atoms with Crippen LogP contribution in [0.4, 0.5) is 0 Å². The van der Waals surface area contributed by atoms with E-state index < -0.39 is 14.0 Å². The number of benzene rings is 3. The second-order valence-corrected chi connectivity index (χ2v) is 28.5. The van der Waals surface area contributed by atoms with Gasteiger partial charge in [0.1, 0.15) is 0 Å². The summed E-state index contributed by atoms with van der Waals surface area (Å²) in [6, 6.07) is 25.0. The Kier molecular flexibility index (Phi) is 3.44. The van der Waals surface area contributed by atoms with Gasteiger partial charge in [-0.15, -0.1) is 0 Å². The second-order valence-electron chi connectivity index (χ2n) is 8.94. The summed E-state index contributed by atoms with van der Waals surface area (Å²) in [5, 5.41) is 5.26. The van der Waals surface area contributed by atoms with Crippen LogP contribution in [-0.2, 0) is 20.5 Å². The van der Waals surface area contributed by atoms with Crippen molar-refractivity contribution in [2.45, 2.75) is 21.1 Å². The molecule has 0 saturated carbocycles. The van der Waals surface area contributed by atoms with Gasteiger partial charge in [-0.3, -0.25) is 0 Å². The van der Waals surface area contributed by atoms with Gasteiger partial charge in [0.2, 0.25) is 0 Å². The number of rotatable bonds is 2. The van der Waals surface area contributed by atoms with E-state index >= 15 is 0 Å². The van der Waals surface area contributed by atoms with E-state index in [2.05, 4.69) is 97.0 Å². The fourth-order valence-electron chi connectivity index (χ4n) is 5.15. The predicted molar refractivity (Wildman–Crippen MR) is 113 cm³/mol. The first-order valence-electron chi connectivity index (χ1n) is 9.49. The summed E-state index contributed by atoms with van der Waals surface area (Å²) in [6.07, 6.45) is 5.94. The molecule has 0 spiro atoms. The predicted octanol–water partition coefficient (Wildman–Crippen LogP) is 4.99. The van der Waals surface area contributed by atoms with Crippen molar-refractivity contribution in [2.24, 2.45) is 0 Å². The van der Waals surface area contributed by atoms with Crippen LogP contribution in [0.15, 0.2) is 72.8 Å². The van der Waals surface area contributed by atoms with Gasteiger partial charge in [-0.25, -0.2) is 0 Å². The first-order chi connectivity index (χ1) is 12.4. The first kappa shape index (κ1) is 16.5. The molecule has 5 rings (SSSR count). The molecular formula is C24H24SiTi. The molecule has 1 unspecified atom stereocenters. The molecule has 0 saturated heterocycles. The fraction of sp³-hybridized carbons (Fsp3) is 0.167. The Bertz CT molecular complexity index is 1150. The molecule has 0 fully saturated rings. The van der Waals surface area contributed by atoms with Crippen LogP contribution < -0.4 is 3.87 Å². The summed E-state index contributed by atoms with van der Waals surface area (Å²) in [5.74, 6) is 0. The van der Waals surface area contributed by atoms with Crippen molar-refractivity contribution in [3.8, 4) is 11.1 Å². The van der Waals surface area contributed by atoms with Gasteiger partial charge in [-0.05, 0) is 0 Å². The van der Waals surface area contributed by atoms with E-state index in [-0.39, 0.29) is 0 Å². The molecule has 3 aromatic rings. The molecule has 0 amide bonds. The molecule has 1 atom stereocenters. The molecule has 0 N–H and O–H groups in total. The summed E-state index contributed by atoms with van der Waals surface area (Å²) >= 11 is -2.98. The minimum absolute atomic E-state index is 0.580. The second kappa shape index (κ2) is 5.42. The molecule has 0 nitrogen and oxygen atoms in total. The molecule has 2 aliphatic rings. The molecule has 2 heteroatoms. The van der Waals surface area contributed by atoms with E-state index in [1.807, 2.05) is 0 Å². The van der Waals surface area contributed by atoms with Crippen molar-refractivity contribution in [3.63, 3.8) is 0 Å². The third kappa shape index (κ3) is 2.24. The van der Waals surface area contributed by atoms with Crippen LogP contribution in [-0.4, -0.2) is 7.63 Å². The van der Waals surface area contributed by atoms with Crippen LogP contribution in [0.1, 0.15) is 26.5 Å². The van der Waals surface area contributed by atoms with Crippen molar-refractivity contribution in [1.29, 1.82) is 0 Å². The van der Waals surface area contributed by atoms with Gasteiger partial charge >= 0.3 is 159 Å². The standard InChI is InChI=1S/C13H9.C9H7.2CH3.H2Si.Ti/c1-3-7-12-10(5-1)9-11-6-2-4-8-13(11)12;1-2-5-9-7-3-6-8(9)4-1;;;;/h1-5,7-8H,9H2;1-7H;2*1H3;1H2;. The summed E-state index contributed by atoms with van der Waals surface area (Å²) in [4.78, 5) is 0. The van der Waals surface area contributed by atoms with Gasteiger partial charge in [-0.2, -0.15) is 0 Å². The Labute approximate surface area is 158 Å². The van der Waals surface area contributed by atoms with Crippen molar-refractivity contribution in [2.75, 3.05) is 0 Å². The minimum atomic E-state index is -2.98. The Hall–Kier alpha value is -1.67. The average molecular weight is 388 g/mol. The zero-order valence-corrected chi connectivity index (χ0v) is 18.5. The summed E-state index contributed by atoms with van der Waals surface area (Å²) < 4.78 is 2.26. The van der Waals surface area contributed by atoms with Gasteiger partial charge in [0.25, 0.3) is 0 Å². The quantitative estimate of drug-likeness (QED) is 0.425.